The molecule has 12 heteroatoms. The molecule has 2 fully saturated rings. The number of piperazine rings is 1. The van der Waals surface area contributed by atoms with Gasteiger partial charge in [-0.15, -0.1) is 5.10 Å². The normalized spacial score (nSPS) is 20.1. The van der Waals surface area contributed by atoms with E-state index in [4.69, 9.17) is 27.9 Å². The first-order valence-corrected chi connectivity index (χ1v) is 15.1. The van der Waals surface area contributed by atoms with E-state index in [-0.39, 0.29) is 33.6 Å². The van der Waals surface area contributed by atoms with Crippen LogP contribution in [0.3, 0.4) is 0 Å². The molecule has 0 unspecified atom stereocenters. The molecule has 6 rings (SSSR count). The summed E-state index contributed by atoms with van der Waals surface area (Å²) in [6.45, 7) is 6.09. The van der Waals surface area contributed by atoms with Crippen molar-refractivity contribution in [2.75, 3.05) is 20.2 Å². The maximum Gasteiger partial charge on any atom is 0.291 e. The minimum Gasteiger partial charge on any atom is -0.497 e. The Balaban J connectivity index is 1.12. The Morgan fingerprint density at radius 2 is 1.79 bits per heavy atom. The molecule has 0 bridgehead atoms. The summed E-state index contributed by atoms with van der Waals surface area (Å²) in [6, 6.07) is 15.2. The van der Waals surface area contributed by atoms with E-state index < -0.39 is 5.56 Å². The van der Waals surface area contributed by atoms with Gasteiger partial charge in [-0.3, -0.25) is 14.5 Å². The maximum absolute atomic E-state index is 13.5. The largest absolute Gasteiger partial charge is 0.497 e. The maximum atomic E-state index is 13.5. The Labute approximate surface area is 259 Å². The van der Waals surface area contributed by atoms with Crippen LogP contribution >= 0.6 is 23.2 Å². The fourth-order valence-electron chi connectivity index (χ4n) is 6.20. The van der Waals surface area contributed by atoms with Crippen molar-refractivity contribution in [1.82, 2.24) is 34.6 Å². The molecule has 1 saturated carbocycles. The first-order chi connectivity index (χ1) is 20.7. The number of methoxy groups -OCH3 is 1. The van der Waals surface area contributed by atoms with E-state index >= 15 is 0 Å². The van der Waals surface area contributed by atoms with Crippen molar-refractivity contribution < 1.29 is 9.53 Å². The minimum atomic E-state index is -0.518. The van der Waals surface area contributed by atoms with Gasteiger partial charge in [-0.05, 0) is 75.1 Å². The number of amides is 1. The molecule has 2 aliphatic rings. The average molecular weight is 623 g/mol. The molecule has 10 nitrogen and oxygen atoms in total. The number of carbonyl (C=O) groups is 1. The van der Waals surface area contributed by atoms with Gasteiger partial charge in [0.25, 0.3) is 11.5 Å². The molecule has 224 valence electrons. The van der Waals surface area contributed by atoms with Gasteiger partial charge in [-0.2, -0.15) is 9.78 Å². The van der Waals surface area contributed by atoms with Crippen molar-refractivity contribution in [3.05, 3.63) is 98.1 Å². The molecule has 2 aromatic carbocycles. The monoisotopic (exact) mass is 621 g/mol. The minimum absolute atomic E-state index is 0.0597. The zero-order valence-corrected chi connectivity index (χ0v) is 25.8. The highest BCUT2D eigenvalue weighted by molar-refractivity contribution is 6.41. The van der Waals surface area contributed by atoms with E-state index in [1.54, 1.807) is 31.4 Å². The third-order valence-electron chi connectivity index (χ3n) is 8.74. The van der Waals surface area contributed by atoms with E-state index in [1.807, 2.05) is 21.7 Å². The van der Waals surface area contributed by atoms with Crippen LogP contribution in [0.5, 0.6) is 5.75 Å². The second kappa shape index (κ2) is 11.7. The van der Waals surface area contributed by atoms with Gasteiger partial charge >= 0.3 is 0 Å². The van der Waals surface area contributed by atoms with Crippen LogP contribution in [0.4, 0.5) is 0 Å². The van der Waals surface area contributed by atoms with E-state index in [1.165, 1.54) is 11.8 Å². The van der Waals surface area contributed by atoms with E-state index in [9.17, 15) is 9.59 Å². The van der Waals surface area contributed by atoms with Crippen LogP contribution in [0.15, 0.2) is 65.7 Å². The van der Waals surface area contributed by atoms with Gasteiger partial charge in [0.2, 0.25) is 0 Å². The molecule has 0 radical (unpaired) electrons. The van der Waals surface area contributed by atoms with E-state index in [2.05, 4.69) is 52.5 Å². The fraction of sp³-hybridized carbons (Fsp3) is 0.387. The smallest absolute Gasteiger partial charge is 0.291 e. The van der Waals surface area contributed by atoms with Crippen molar-refractivity contribution >= 4 is 29.1 Å². The molecule has 43 heavy (non-hydrogen) atoms. The lowest BCUT2D eigenvalue weighted by Crippen LogP contribution is -2.57. The summed E-state index contributed by atoms with van der Waals surface area (Å²) >= 11 is 11.9. The summed E-state index contributed by atoms with van der Waals surface area (Å²) < 4.78 is 8.66. The highest BCUT2D eigenvalue weighted by Crippen LogP contribution is 2.45. The molecular weight excluding hydrogens is 589 g/mol. The number of hydrogen-bond acceptors (Lipinski definition) is 7. The number of aromatic nitrogens is 5. The van der Waals surface area contributed by atoms with Crippen molar-refractivity contribution in [3.8, 4) is 11.4 Å². The van der Waals surface area contributed by atoms with Crippen LogP contribution in [-0.4, -0.2) is 72.8 Å². The Morgan fingerprint density at radius 1 is 1.07 bits per heavy atom. The molecule has 3 heterocycles. The summed E-state index contributed by atoms with van der Waals surface area (Å²) in [5, 5.41) is 13.2. The number of rotatable bonds is 7. The summed E-state index contributed by atoms with van der Waals surface area (Å²) in [6.07, 6.45) is 6.56. The number of carbonyl (C=O) groups excluding carboxylic acids is 1. The fourth-order valence-corrected chi connectivity index (χ4v) is 6.45. The topological polar surface area (TPSA) is 98.4 Å². The van der Waals surface area contributed by atoms with Crippen LogP contribution in [0, 0.1) is 0 Å². The molecule has 0 N–H and O–H groups in total. The zero-order valence-electron chi connectivity index (χ0n) is 24.3. The second-order valence-corrected chi connectivity index (χ2v) is 12.2. The van der Waals surface area contributed by atoms with E-state index in [0.29, 0.717) is 30.9 Å². The lowest BCUT2D eigenvalue weighted by atomic mass is 9.72. The summed E-state index contributed by atoms with van der Waals surface area (Å²) in [5.41, 5.74) is 2.42. The van der Waals surface area contributed by atoms with Crippen LogP contribution in [0.1, 0.15) is 54.7 Å². The van der Waals surface area contributed by atoms with Crippen molar-refractivity contribution in [2.45, 2.75) is 57.3 Å². The third-order valence-corrected chi connectivity index (χ3v) is 9.48. The quantitative estimate of drug-likeness (QED) is 0.292. The number of halogens is 2. The highest BCUT2D eigenvalue weighted by Gasteiger charge is 2.42. The standard InChI is InChI=1S/C31H33Cl2N7O3/c1-20-16-37(29(41)22-8-10-25(11-9-22)40-30(42)28(33)27(32)15-34-40)17-21(2)38(20)18-24-19-39(36-35-24)31(12-5-13-31)23-6-4-7-26(14-23)43-3/h4,6-11,14-15,19-21H,5,12-13,16-18H2,1-3H3/t20-,21+. The zero-order chi connectivity index (χ0) is 30.3. The first-order valence-electron chi connectivity index (χ1n) is 14.4. The summed E-state index contributed by atoms with van der Waals surface area (Å²) in [7, 11) is 1.69. The predicted octanol–water partition coefficient (Wildman–Crippen LogP) is 4.80. The van der Waals surface area contributed by atoms with Crippen LogP contribution in [0.2, 0.25) is 10.0 Å². The lowest BCUT2D eigenvalue weighted by molar-refractivity contribution is 0.0264. The SMILES string of the molecule is COc1cccc(C2(n3cc(CN4[C@H](C)CN(C(=O)c5ccc(-n6ncc(Cl)c(Cl)c6=O)cc5)C[C@@H]4C)nn3)CCC2)c1. The third kappa shape index (κ3) is 5.43. The van der Waals surface area contributed by atoms with Crippen LogP contribution < -0.4 is 10.3 Å². The predicted molar refractivity (Wildman–Crippen MR) is 164 cm³/mol. The van der Waals surface area contributed by atoms with Gasteiger partial charge in [-0.1, -0.05) is 40.5 Å². The average Bonchev–Trinajstić information content (AvgIpc) is 3.45. The second-order valence-electron chi connectivity index (χ2n) is 11.4. The number of ether oxygens (including phenoxy) is 1. The van der Waals surface area contributed by atoms with Gasteiger partial charge in [0, 0.05) is 37.3 Å². The van der Waals surface area contributed by atoms with Crippen molar-refractivity contribution in [1.29, 1.82) is 0 Å². The molecule has 0 spiro atoms. The number of nitrogens with zero attached hydrogens (tertiary/aromatic N) is 7. The first kappa shape index (κ1) is 29.3. The molecule has 1 aliphatic heterocycles. The van der Waals surface area contributed by atoms with E-state index in [0.717, 1.165) is 35.4 Å². The molecule has 1 saturated heterocycles. The Morgan fingerprint density at radius 3 is 2.44 bits per heavy atom. The van der Waals surface area contributed by atoms with Crippen LogP contribution in [-0.2, 0) is 12.1 Å². The highest BCUT2D eigenvalue weighted by atomic mass is 35.5. The van der Waals surface area contributed by atoms with Crippen LogP contribution in [0.25, 0.3) is 5.69 Å². The molecule has 2 aromatic heterocycles. The molecule has 4 aromatic rings. The summed E-state index contributed by atoms with van der Waals surface area (Å²) in [5.74, 6) is 0.782. The molecular formula is C31H33Cl2N7O3. The van der Waals surface area contributed by atoms with Gasteiger partial charge in [0.05, 0.1) is 41.4 Å². The number of benzene rings is 2. The summed E-state index contributed by atoms with van der Waals surface area (Å²) in [4.78, 5) is 30.2. The Hall–Kier alpha value is -3.73. The molecule has 1 amide bonds. The van der Waals surface area contributed by atoms with Crippen molar-refractivity contribution in [2.24, 2.45) is 0 Å². The Bertz CT molecular complexity index is 1690. The Kier molecular flexibility index (Phi) is 8.02. The van der Waals surface area contributed by atoms with Gasteiger partial charge in [0.1, 0.15) is 10.8 Å². The number of hydrogen-bond donors (Lipinski definition) is 0. The lowest BCUT2D eigenvalue weighted by Gasteiger charge is -2.44. The van der Waals surface area contributed by atoms with Gasteiger partial charge in [0.15, 0.2) is 0 Å². The molecule has 2 atom stereocenters. The van der Waals surface area contributed by atoms with Gasteiger partial charge in [-0.25, -0.2) is 4.68 Å². The van der Waals surface area contributed by atoms with Crippen molar-refractivity contribution in [3.63, 3.8) is 0 Å². The van der Waals surface area contributed by atoms with Gasteiger partial charge < -0.3 is 9.64 Å². The molecule has 1 aliphatic carbocycles.